The molecule has 110 valence electrons. The fourth-order valence-electron chi connectivity index (χ4n) is 2.70. The van der Waals surface area contributed by atoms with E-state index in [9.17, 15) is 0 Å². The van der Waals surface area contributed by atoms with E-state index in [0.29, 0.717) is 6.04 Å². The summed E-state index contributed by atoms with van der Waals surface area (Å²) in [5, 5.41) is 3.49. The molecule has 1 heterocycles. The van der Waals surface area contributed by atoms with Gasteiger partial charge in [-0.25, -0.2) is 0 Å². The zero-order valence-electron chi connectivity index (χ0n) is 12.3. The number of anilines is 2. The van der Waals surface area contributed by atoms with Gasteiger partial charge in [0.25, 0.3) is 0 Å². The van der Waals surface area contributed by atoms with Crippen molar-refractivity contribution >= 4 is 27.3 Å². The molecule has 0 aliphatic carbocycles. The molecule has 1 unspecified atom stereocenters. The van der Waals surface area contributed by atoms with Gasteiger partial charge in [0.05, 0.1) is 18.5 Å². The highest BCUT2D eigenvalue weighted by Crippen LogP contribution is 2.34. The second kappa shape index (κ2) is 5.98. The van der Waals surface area contributed by atoms with E-state index in [1.807, 2.05) is 12.1 Å². The molecule has 3 rings (SSSR count). The molecule has 0 spiro atoms. The molecule has 1 aliphatic rings. The van der Waals surface area contributed by atoms with Gasteiger partial charge < -0.3 is 15.0 Å². The van der Waals surface area contributed by atoms with Crippen LogP contribution in [0.3, 0.4) is 0 Å². The molecule has 0 aromatic heterocycles. The summed E-state index contributed by atoms with van der Waals surface area (Å²) in [7, 11) is 1.70. The van der Waals surface area contributed by atoms with Crippen molar-refractivity contribution in [1.82, 2.24) is 0 Å². The summed E-state index contributed by atoms with van der Waals surface area (Å²) in [4.78, 5) is 2.44. The summed E-state index contributed by atoms with van der Waals surface area (Å²) >= 11 is 3.65. The Bertz CT molecular complexity index is 644. The number of rotatable bonds is 3. The van der Waals surface area contributed by atoms with Crippen molar-refractivity contribution in [2.45, 2.75) is 19.5 Å². The summed E-state index contributed by atoms with van der Waals surface area (Å²) in [5.74, 6) is 0.893. The molecule has 2 aromatic rings. The van der Waals surface area contributed by atoms with Crippen molar-refractivity contribution < 1.29 is 4.74 Å². The Morgan fingerprint density at radius 1 is 1.29 bits per heavy atom. The lowest BCUT2D eigenvalue weighted by Gasteiger charge is -2.38. The summed E-state index contributed by atoms with van der Waals surface area (Å²) in [5.41, 5.74) is 3.69. The Kier molecular flexibility index (Phi) is 4.06. The molecule has 1 aliphatic heterocycles. The Hall–Kier alpha value is -1.68. The molecular weight excluding hydrogens is 328 g/mol. The Morgan fingerprint density at radius 3 is 2.90 bits per heavy atom. The topological polar surface area (TPSA) is 24.5 Å². The van der Waals surface area contributed by atoms with Gasteiger partial charge in [0, 0.05) is 23.6 Å². The highest BCUT2D eigenvalue weighted by Gasteiger charge is 2.23. The molecule has 21 heavy (non-hydrogen) atoms. The highest BCUT2D eigenvalue weighted by molar-refractivity contribution is 9.10. The molecule has 1 atom stereocenters. The van der Waals surface area contributed by atoms with Crippen LogP contribution in [-0.4, -0.2) is 19.7 Å². The van der Waals surface area contributed by atoms with Crippen LogP contribution in [0.5, 0.6) is 5.75 Å². The number of methoxy groups -OCH3 is 1. The van der Waals surface area contributed by atoms with E-state index in [1.165, 1.54) is 16.9 Å². The first-order valence-electron chi connectivity index (χ1n) is 7.11. The first-order chi connectivity index (χ1) is 10.2. The first-order valence-corrected chi connectivity index (χ1v) is 7.90. The minimum absolute atomic E-state index is 0.443. The molecule has 3 nitrogen and oxygen atoms in total. The van der Waals surface area contributed by atoms with Gasteiger partial charge in [0.15, 0.2) is 0 Å². The van der Waals surface area contributed by atoms with Gasteiger partial charge in [-0.15, -0.1) is 0 Å². The van der Waals surface area contributed by atoms with Crippen molar-refractivity contribution in [2.24, 2.45) is 0 Å². The molecular formula is C17H19BrN2O. The lowest BCUT2D eigenvalue weighted by molar-refractivity contribution is 0.414. The summed E-state index contributed by atoms with van der Waals surface area (Å²) in [6.07, 6.45) is 0. The SMILES string of the molecule is COc1ccc(Br)c(CN2c3ccccc3NCC2C)c1. The molecule has 0 fully saturated rings. The van der Waals surface area contributed by atoms with Crippen LogP contribution in [-0.2, 0) is 6.54 Å². The van der Waals surface area contributed by atoms with E-state index in [1.54, 1.807) is 7.11 Å². The molecule has 1 N–H and O–H groups in total. The lowest BCUT2D eigenvalue weighted by Crippen LogP contribution is -2.41. The molecule has 0 saturated carbocycles. The second-order valence-corrected chi connectivity index (χ2v) is 6.19. The number of nitrogens with zero attached hydrogens (tertiary/aromatic N) is 1. The van der Waals surface area contributed by atoms with E-state index in [2.05, 4.69) is 63.4 Å². The molecule has 0 saturated heterocycles. The fourth-order valence-corrected chi connectivity index (χ4v) is 3.07. The fraction of sp³-hybridized carbons (Fsp3) is 0.294. The third-order valence-corrected chi connectivity index (χ3v) is 4.70. The number of nitrogens with one attached hydrogen (secondary N) is 1. The Morgan fingerprint density at radius 2 is 2.10 bits per heavy atom. The van der Waals surface area contributed by atoms with Crippen LogP contribution in [0.4, 0.5) is 11.4 Å². The predicted octanol–water partition coefficient (Wildman–Crippen LogP) is 4.28. The molecule has 4 heteroatoms. The normalized spacial score (nSPS) is 17.1. The van der Waals surface area contributed by atoms with Crippen LogP contribution in [0.25, 0.3) is 0 Å². The zero-order valence-corrected chi connectivity index (χ0v) is 13.9. The van der Waals surface area contributed by atoms with Crippen LogP contribution in [0.2, 0.25) is 0 Å². The van der Waals surface area contributed by atoms with Crippen LogP contribution in [0.1, 0.15) is 12.5 Å². The number of hydrogen-bond acceptors (Lipinski definition) is 3. The van der Waals surface area contributed by atoms with Crippen LogP contribution in [0.15, 0.2) is 46.9 Å². The number of para-hydroxylation sites is 2. The molecule has 0 bridgehead atoms. The number of halogens is 1. The van der Waals surface area contributed by atoms with Gasteiger partial charge in [-0.3, -0.25) is 0 Å². The molecule has 0 radical (unpaired) electrons. The number of hydrogen-bond donors (Lipinski definition) is 1. The van der Waals surface area contributed by atoms with E-state index < -0.39 is 0 Å². The second-order valence-electron chi connectivity index (χ2n) is 5.33. The maximum Gasteiger partial charge on any atom is 0.119 e. The highest BCUT2D eigenvalue weighted by atomic mass is 79.9. The molecule has 2 aromatic carbocycles. The van der Waals surface area contributed by atoms with Crippen LogP contribution < -0.4 is 15.0 Å². The van der Waals surface area contributed by atoms with Gasteiger partial charge in [0.1, 0.15) is 5.75 Å². The lowest BCUT2D eigenvalue weighted by atomic mass is 10.1. The van der Waals surface area contributed by atoms with Gasteiger partial charge in [-0.1, -0.05) is 28.1 Å². The van der Waals surface area contributed by atoms with E-state index >= 15 is 0 Å². The standard InChI is InChI=1S/C17H19BrN2O/c1-12-10-19-16-5-3-4-6-17(16)20(12)11-13-9-14(21-2)7-8-15(13)18/h3-9,12,19H,10-11H2,1-2H3. The number of ether oxygens (including phenoxy) is 1. The number of fused-ring (bicyclic) bond motifs is 1. The van der Waals surface area contributed by atoms with Gasteiger partial charge in [-0.2, -0.15) is 0 Å². The predicted molar refractivity (Wildman–Crippen MR) is 91.3 cm³/mol. The van der Waals surface area contributed by atoms with E-state index in [-0.39, 0.29) is 0 Å². The summed E-state index contributed by atoms with van der Waals surface area (Å²) in [6, 6.07) is 15.0. The zero-order chi connectivity index (χ0) is 14.8. The largest absolute Gasteiger partial charge is 0.497 e. The number of benzene rings is 2. The maximum absolute atomic E-state index is 5.34. The smallest absolute Gasteiger partial charge is 0.119 e. The van der Waals surface area contributed by atoms with Crippen LogP contribution in [0, 0.1) is 0 Å². The quantitative estimate of drug-likeness (QED) is 0.897. The van der Waals surface area contributed by atoms with E-state index in [4.69, 9.17) is 4.74 Å². The maximum atomic E-state index is 5.34. The summed E-state index contributed by atoms with van der Waals surface area (Å²) in [6.45, 7) is 4.06. The van der Waals surface area contributed by atoms with Gasteiger partial charge in [-0.05, 0) is 42.8 Å². The minimum Gasteiger partial charge on any atom is -0.497 e. The van der Waals surface area contributed by atoms with Crippen molar-refractivity contribution in [2.75, 3.05) is 23.9 Å². The average Bonchev–Trinajstić information content (AvgIpc) is 2.52. The monoisotopic (exact) mass is 346 g/mol. The summed E-state index contributed by atoms with van der Waals surface area (Å²) < 4.78 is 6.46. The third-order valence-electron chi connectivity index (χ3n) is 3.93. The first kappa shape index (κ1) is 14.3. The van der Waals surface area contributed by atoms with Gasteiger partial charge in [0.2, 0.25) is 0 Å². The Labute approximate surface area is 134 Å². The van der Waals surface area contributed by atoms with Gasteiger partial charge >= 0.3 is 0 Å². The van der Waals surface area contributed by atoms with Crippen LogP contribution >= 0.6 is 15.9 Å². The average molecular weight is 347 g/mol. The van der Waals surface area contributed by atoms with Crippen molar-refractivity contribution in [1.29, 1.82) is 0 Å². The Balaban J connectivity index is 1.94. The minimum atomic E-state index is 0.443. The van der Waals surface area contributed by atoms with Crippen molar-refractivity contribution in [3.8, 4) is 5.75 Å². The van der Waals surface area contributed by atoms with Crippen molar-refractivity contribution in [3.05, 3.63) is 52.5 Å². The molecule has 0 amide bonds. The van der Waals surface area contributed by atoms with E-state index in [0.717, 1.165) is 23.3 Å². The van der Waals surface area contributed by atoms with Crippen molar-refractivity contribution in [3.63, 3.8) is 0 Å². The third kappa shape index (κ3) is 2.86.